The molecule has 0 saturated carbocycles. The molecular weight excluding hydrogens is 377 g/mol. The summed E-state index contributed by atoms with van der Waals surface area (Å²) in [6.07, 6.45) is -6.49. The van der Waals surface area contributed by atoms with Crippen molar-refractivity contribution in [3.8, 4) is 0 Å². The summed E-state index contributed by atoms with van der Waals surface area (Å²) in [7, 11) is -3.75. The highest BCUT2D eigenvalue weighted by Crippen LogP contribution is 2.22. The third-order valence-electron chi connectivity index (χ3n) is 3.50. The van der Waals surface area contributed by atoms with Gasteiger partial charge in [-0.2, -0.15) is 17.5 Å². The van der Waals surface area contributed by atoms with Crippen molar-refractivity contribution in [3.05, 3.63) is 29.8 Å². The first-order valence-corrected chi connectivity index (χ1v) is 9.07. The van der Waals surface area contributed by atoms with Gasteiger partial charge in [-0.25, -0.2) is 13.2 Å². The Kier molecular flexibility index (Phi) is 7.16. The van der Waals surface area contributed by atoms with Crippen LogP contribution in [0.15, 0.2) is 29.2 Å². The van der Waals surface area contributed by atoms with Crippen LogP contribution in [0.4, 0.5) is 13.2 Å². The number of carbonyl (C=O) groups excluding carboxylic acids is 1. The van der Waals surface area contributed by atoms with Crippen molar-refractivity contribution >= 4 is 21.9 Å². The molecule has 0 saturated heterocycles. The first-order chi connectivity index (χ1) is 11.9. The van der Waals surface area contributed by atoms with E-state index in [1.165, 1.54) is 4.31 Å². The molecule has 0 spiro atoms. The van der Waals surface area contributed by atoms with Gasteiger partial charge < -0.3 is 10.4 Å². The maximum absolute atomic E-state index is 12.4. The summed E-state index contributed by atoms with van der Waals surface area (Å²) in [6, 6.07) is 2.36. The summed E-state index contributed by atoms with van der Waals surface area (Å²) in [6.45, 7) is 3.82. The van der Waals surface area contributed by atoms with Crippen LogP contribution in [0.2, 0.25) is 0 Å². The van der Waals surface area contributed by atoms with Crippen LogP contribution in [0.1, 0.15) is 30.6 Å². The molecule has 0 aliphatic heterocycles. The normalized spacial score (nSPS) is 13.5. The molecule has 1 aromatic rings. The number of carboxylic acids is 1. The van der Waals surface area contributed by atoms with Gasteiger partial charge in [-0.05, 0) is 24.3 Å². The average molecular weight is 396 g/mol. The number of rotatable bonds is 8. The van der Waals surface area contributed by atoms with E-state index in [9.17, 15) is 31.2 Å². The van der Waals surface area contributed by atoms with Crippen molar-refractivity contribution in [1.82, 2.24) is 9.62 Å². The maximum Gasteiger partial charge on any atom is 0.391 e. The van der Waals surface area contributed by atoms with Crippen LogP contribution in [0.25, 0.3) is 0 Å². The lowest BCUT2D eigenvalue weighted by molar-refractivity contribution is -0.157. The second-order valence-corrected chi connectivity index (χ2v) is 7.24. The van der Waals surface area contributed by atoms with Crippen LogP contribution < -0.4 is 5.32 Å². The molecule has 1 amide bonds. The Balaban J connectivity index is 2.97. The summed E-state index contributed by atoms with van der Waals surface area (Å²) < 4.78 is 62.9. The van der Waals surface area contributed by atoms with Crippen LogP contribution in [-0.4, -0.2) is 55.0 Å². The quantitative estimate of drug-likeness (QED) is 0.698. The molecule has 1 rings (SSSR count). The highest BCUT2D eigenvalue weighted by molar-refractivity contribution is 7.89. The van der Waals surface area contributed by atoms with E-state index >= 15 is 0 Å². The number of halogens is 3. The van der Waals surface area contributed by atoms with Gasteiger partial charge in [0.25, 0.3) is 5.91 Å². The first-order valence-electron chi connectivity index (χ1n) is 7.63. The number of amides is 1. The molecule has 0 aromatic heterocycles. The molecule has 7 nitrogen and oxygen atoms in total. The number of nitrogens with zero attached hydrogens (tertiary/aromatic N) is 1. The molecule has 11 heteroatoms. The largest absolute Gasteiger partial charge is 0.480 e. The molecule has 0 fully saturated rings. The molecule has 1 atom stereocenters. The number of hydrogen-bond donors (Lipinski definition) is 2. The molecule has 0 radical (unpaired) electrons. The van der Waals surface area contributed by atoms with Crippen LogP contribution >= 0.6 is 0 Å². The first kappa shape index (κ1) is 21.9. The number of nitrogens with one attached hydrogen (secondary N) is 1. The summed E-state index contributed by atoms with van der Waals surface area (Å²) in [5.41, 5.74) is -0.156. The van der Waals surface area contributed by atoms with Gasteiger partial charge in [0.2, 0.25) is 10.0 Å². The third kappa shape index (κ3) is 5.70. The topological polar surface area (TPSA) is 104 Å². The van der Waals surface area contributed by atoms with Gasteiger partial charge in [0.05, 0.1) is 11.3 Å². The summed E-state index contributed by atoms with van der Waals surface area (Å²) >= 11 is 0. The fourth-order valence-electron chi connectivity index (χ4n) is 2.16. The highest BCUT2D eigenvalue weighted by atomic mass is 32.2. The van der Waals surface area contributed by atoms with Crippen molar-refractivity contribution < 1.29 is 36.3 Å². The van der Waals surface area contributed by atoms with Crippen LogP contribution in [0.5, 0.6) is 0 Å². The molecule has 0 heterocycles. The van der Waals surface area contributed by atoms with E-state index in [1.807, 2.05) is 0 Å². The van der Waals surface area contributed by atoms with E-state index in [0.717, 1.165) is 24.3 Å². The number of benzene rings is 1. The fraction of sp³-hybridized carbons (Fsp3) is 0.467. The lowest BCUT2D eigenvalue weighted by atomic mass is 10.1. The van der Waals surface area contributed by atoms with E-state index in [4.69, 9.17) is 5.11 Å². The lowest BCUT2D eigenvalue weighted by Gasteiger charge is -2.19. The van der Waals surface area contributed by atoms with Crippen molar-refractivity contribution in [3.63, 3.8) is 0 Å². The van der Waals surface area contributed by atoms with Crippen LogP contribution in [-0.2, 0) is 14.8 Å². The zero-order valence-corrected chi connectivity index (χ0v) is 14.9. The summed E-state index contributed by atoms with van der Waals surface area (Å²) in [4.78, 5) is 22.7. The lowest BCUT2D eigenvalue weighted by Crippen LogP contribution is -2.43. The van der Waals surface area contributed by atoms with Gasteiger partial charge in [-0.15, -0.1) is 0 Å². The monoisotopic (exact) mass is 396 g/mol. The maximum atomic E-state index is 12.4. The zero-order chi connectivity index (χ0) is 20.1. The third-order valence-corrected chi connectivity index (χ3v) is 5.56. The van der Waals surface area contributed by atoms with Crippen molar-refractivity contribution in [2.75, 3.05) is 13.1 Å². The molecule has 146 valence electrons. The predicted molar refractivity (Wildman–Crippen MR) is 86.1 cm³/mol. The molecule has 26 heavy (non-hydrogen) atoms. The van der Waals surface area contributed by atoms with Gasteiger partial charge in [0.15, 0.2) is 0 Å². The van der Waals surface area contributed by atoms with Crippen LogP contribution in [0, 0.1) is 0 Å². The van der Waals surface area contributed by atoms with Crippen molar-refractivity contribution in [2.45, 2.75) is 37.4 Å². The average Bonchev–Trinajstić information content (AvgIpc) is 2.53. The van der Waals surface area contributed by atoms with Gasteiger partial charge in [-0.3, -0.25) is 4.79 Å². The van der Waals surface area contributed by atoms with Crippen LogP contribution in [0.3, 0.4) is 0 Å². The van der Waals surface area contributed by atoms with Crippen molar-refractivity contribution in [2.24, 2.45) is 0 Å². The molecule has 2 N–H and O–H groups in total. The predicted octanol–water partition coefficient (Wildman–Crippen LogP) is 1.85. The summed E-state index contributed by atoms with van der Waals surface area (Å²) in [5, 5.41) is 10.6. The smallest absolute Gasteiger partial charge is 0.391 e. The molecular formula is C15H19F3N2O5S. The Hall–Kier alpha value is -2.14. The number of aliphatic carboxylic acids is 1. The van der Waals surface area contributed by atoms with Gasteiger partial charge in [0.1, 0.15) is 6.04 Å². The molecule has 0 aliphatic rings. The van der Waals surface area contributed by atoms with Gasteiger partial charge >= 0.3 is 12.1 Å². The number of sulfonamides is 1. The molecule has 0 bridgehead atoms. The zero-order valence-electron chi connectivity index (χ0n) is 14.1. The Labute approximate surface area is 148 Å². The molecule has 1 unspecified atom stereocenters. The summed E-state index contributed by atoms with van der Waals surface area (Å²) in [5.74, 6) is -2.87. The van der Waals surface area contributed by atoms with E-state index in [-0.39, 0.29) is 23.5 Å². The Bertz CT molecular complexity index is 744. The van der Waals surface area contributed by atoms with Crippen molar-refractivity contribution in [1.29, 1.82) is 0 Å². The minimum atomic E-state index is -4.77. The number of carboxylic acid groups (broad SMARTS) is 1. The minimum absolute atomic E-state index is 0.0807. The minimum Gasteiger partial charge on any atom is -0.480 e. The van der Waals surface area contributed by atoms with E-state index in [2.05, 4.69) is 0 Å². The Morgan fingerprint density at radius 3 is 2.04 bits per heavy atom. The fourth-order valence-corrected chi connectivity index (χ4v) is 3.62. The van der Waals surface area contributed by atoms with E-state index < -0.39 is 40.5 Å². The standard InChI is InChI=1S/C15H19F3N2O5S/c1-3-20(4-2)26(24,25)11-7-5-10(6-8-11)13(21)19-12(14(22)23)9-15(16,17)18/h5-8,12H,3-4,9H2,1-2H3,(H,19,21)(H,22,23). The number of carbonyl (C=O) groups is 2. The highest BCUT2D eigenvalue weighted by Gasteiger charge is 2.36. The molecule has 1 aromatic carbocycles. The SMILES string of the molecule is CCN(CC)S(=O)(=O)c1ccc(C(=O)NC(CC(F)(F)F)C(=O)O)cc1. The molecule has 0 aliphatic carbocycles. The second-order valence-electron chi connectivity index (χ2n) is 5.30. The van der Waals surface area contributed by atoms with E-state index in [0.29, 0.717) is 0 Å². The number of hydrogen-bond acceptors (Lipinski definition) is 4. The number of alkyl halides is 3. The van der Waals surface area contributed by atoms with E-state index in [1.54, 1.807) is 19.2 Å². The Morgan fingerprint density at radius 1 is 1.15 bits per heavy atom. The van der Waals surface area contributed by atoms with Gasteiger partial charge in [-0.1, -0.05) is 13.8 Å². The van der Waals surface area contributed by atoms with Gasteiger partial charge in [0, 0.05) is 18.7 Å². The second kappa shape index (κ2) is 8.49. The Morgan fingerprint density at radius 2 is 1.65 bits per heavy atom.